The van der Waals surface area contributed by atoms with Crippen molar-refractivity contribution in [3.63, 3.8) is 0 Å². The van der Waals surface area contributed by atoms with Gasteiger partial charge < -0.3 is 18.6 Å². The third-order valence-electron chi connectivity index (χ3n) is 3.23. The molecule has 0 unspecified atom stereocenters. The molecule has 1 aliphatic rings. The van der Waals surface area contributed by atoms with Gasteiger partial charge in [-0.3, -0.25) is 0 Å². The van der Waals surface area contributed by atoms with E-state index in [2.05, 4.69) is 14.9 Å². The molecule has 0 saturated carbocycles. The first-order valence-electron chi connectivity index (χ1n) is 6.94. The number of aryl methyl sites for hydroxylation is 1. The molecular formula is C15H18N4O2. The Morgan fingerprint density at radius 1 is 1.14 bits per heavy atom. The molecule has 6 nitrogen and oxygen atoms in total. The van der Waals surface area contributed by atoms with E-state index in [1.165, 1.54) is 0 Å². The maximum Gasteiger partial charge on any atom is 0.304 e. The highest BCUT2D eigenvalue weighted by Crippen LogP contribution is 2.12. The molecule has 1 fully saturated rings. The zero-order valence-electron chi connectivity index (χ0n) is 12.0. The summed E-state index contributed by atoms with van der Waals surface area (Å²) in [6.07, 6.45) is 3.43. The predicted molar refractivity (Wildman–Crippen MR) is 79.2 cm³/mol. The average Bonchev–Trinajstić information content (AvgIpc) is 2.94. The second-order valence-electron chi connectivity index (χ2n) is 4.76. The number of hydrogen-bond donors (Lipinski definition) is 0. The first kappa shape index (κ1) is 13.6. The van der Waals surface area contributed by atoms with Gasteiger partial charge in [-0.2, -0.15) is 4.99 Å². The number of nitrogens with zero attached hydrogens (tertiary/aromatic N) is 4. The summed E-state index contributed by atoms with van der Waals surface area (Å²) in [4.78, 5) is 11.3. The lowest BCUT2D eigenvalue weighted by molar-refractivity contribution is 0.0674. The lowest BCUT2D eigenvalue weighted by atomic mass is 10.3. The summed E-state index contributed by atoms with van der Waals surface area (Å²) >= 11 is 0. The molecule has 0 N–H and O–H groups in total. The van der Waals surface area contributed by atoms with Crippen LogP contribution in [0.1, 0.15) is 0 Å². The van der Waals surface area contributed by atoms with Crippen LogP contribution < -0.4 is 5.68 Å². The maximum atomic E-state index is 5.39. The van der Waals surface area contributed by atoms with Gasteiger partial charge in [0.25, 0.3) is 0 Å². The summed E-state index contributed by atoms with van der Waals surface area (Å²) in [6, 6.07) is 9.80. The second-order valence-corrected chi connectivity index (χ2v) is 4.76. The molecule has 1 aromatic heterocycles. The first-order valence-corrected chi connectivity index (χ1v) is 6.94. The Kier molecular flexibility index (Phi) is 4.16. The highest BCUT2D eigenvalue weighted by atomic mass is 16.5. The average molecular weight is 286 g/mol. The highest BCUT2D eigenvalue weighted by molar-refractivity contribution is 5.83. The predicted octanol–water partition coefficient (Wildman–Crippen LogP) is 1.54. The van der Waals surface area contributed by atoms with Crippen molar-refractivity contribution < 1.29 is 9.15 Å². The molecule has 6 heteroatoms. The summed E-state index contributed by atoms with van der Waals surface area (Å²) in [5, 5.41) is 0. The standard InChI is InChI=1S/C15H18N4O2/c1-18-7-12-21-15(18)17-14(19-8-10-20-11-9-19)16-13-5-3-2-4-6-13/h2-7,12H,8-11H2,1H3. The number of para-hydroxylation sites is 1. The van der Waals surface area contributed by atoms with Crippen LogP contribution in [0.2, 0.25) is 0 Å². The number of guanidine groups is 1. The van der Waals surface area contributed by atoms with Crippen LogP contribution in [0.4, 0.5) is 5.69 Å². The third-order valence-corrected chi connectivity index (χ3v) is 3.23. The lowest BCUT2D eigenvalue weighted by Crippen LogP contribution is -2.40. The highest BCUT2D eigenvalue weighted by Gasteiger charge is 2.15. The maximum absolute atomic E-state index is 5.39. The van der Waals surface area contributed by atoms with Gasteiger partial charge in [0.1, 0.15) is 6.26 Å². The molecule has 1 aliphatic heterocycles. The summed E-state index contributed by atoms with van der Waals surface area (Å²) in [5.41, 5.74) is 1.40. The SMILES string of the molecule is Cn1ccoc1=NC(=Nc1ccccc1)N1CCOCC1. The minimum Gasteiger partial charge on any atom is -0.432 e. The van der Waals surface area contributed by atoms with Crippen LogP contribution in [-0.2, 0) is 11.8 Å². The molecule has 0 atom stereocenters. The number of benzene rings is 1. The van der Waals surface area contributed by atoms with Crippen LogP contribution >= 0.6 is 0 Å². The third kappa shape index (κ3) is 3.41. The number of rotatable bonds is 1. The Morgan fingerprint density at radius 2 is 1.90 bits per heavy atom. The normalized spacial score (nSPS) is 17.3. The van der Waals surface area contributed by atoms with Gasteiger partial charge in [-0.15, -0.1) is 0 Å². The van der Waals surface area contributed by atoms with Crippen molar-refractivity contribution in [3.8, 4) is 0 Å². The van der Waals surface area contributed by atoms with Crippen molar-refractivity contribution in [3.05, 3.63) is 48.5 Å². The molecule has 3 rings (SSSR count). The van der Waals surface area contributed by atoms with Crippen LogP contribution in [-0.4, -0.2) is 41.7 Å². The van der Waals surface area contributed by atoms with E-state index in [9.17, 15) is 0 Å². The Morgan fingerprint density at radius 3 is 2.57 bits per heavy atom. The molecule has 1 aromatic carbocycles. The Hall–Kier alpha value is -2.34. The van der Waals surface area contributed by atoms with E-state index in [4.69, 9.17) is 9.15 Å². The van der Waals surface area contributed by atoms with Crippen molar-refractivity contribution in [2.75, 3.05) is 26.3 Å². The van der Waals surface area contributed by atoms with Crippen molar-refractivity contribution in [2.45, 2.75) is 0 Å². The fourth-order valence-corrected chi connectivity index (χ4v) is 2.07. The van der Waals surface area contributed by atoms with Crippen LogP contribution in [0.5, 0.6) is 0 Å². The molecule has 0 amide bonds. The number of oxazole rings is 1. The van der Waals surface area contributed by atoms with Gasteiger partial charge in [0.05, 0.1) is 18.9 Å². The van der Waals surface area contributed by atoms with Gasteiger partial charge >= 0.3 is 5.68 Å². The van der Waals surface area contributed by atoms with Crippen molar-refractivity contribution in [1.29, 1.82) is 0 Å². The van der Waals surface area contributed by atoms with E-state index in [0.717, 1.165) is 18.8 Å². The number of aromatic nitrogens is 1. The van der Waals surface area contributed by atoms with E-state index < -0.39 is 0 Å². The quantitative estimate of drug-likeness (QED) is 0.590. The van der Waals surface area contributed by atoms with Crippen LogP contribution in [0.3, 0.4) is 0 Å². The van der Waals surface area contributed by atoms with Gasteiger partial charge in [0.15, 0.2) is 0 Å². The minimum absolute atomic E-state index is 0.524. The molecule has 0 bridgehead atoms. The molecule has 2 heterocycles. The van der Waals surface area contributed by atoms with E-state index in [1.54, 1.807) is 6.26 Å². The minimum atomic E-state index is 0.524. The number of hydrogen-bond acceptors (Lipinski definition) is 3. The fourth-order valence-electron chi connectivity index (χ4n) is 2.07. The van der Waals surface area contributed by atoms with Crippen molar-refractivity contribution in [1.82, 2.24) is 9.47 Å². The molecule has 0 radical (unpaired) electrons. The van der Waals surface area contributed by atoms with Gasteiger partial charge in [-0.25, -0.2) is 4.99 Å². The summed E-state index contributed by atoms with van der Waals surface area (Å²) in [6.45, 7) is 2.93. The molecular weight excluding hydrogens is 268 g/mol. The Labute approximate surface area is 123 Å². The van der Waals surface area contributed by atoms with Gasteiger partial charge in [0, 0.05) is 26.3 Å². The van der Waals surface area contributed by atoms with Crippen molar-refractivity contribution >= 4 is 11.6 Å². The van der Waals surface area contributed by atoms with E-state index in [0.29, 0.717) is 24.9 Å². The Bertz CT molecular complexity index is 666. The summed E-state index contributed by atoms with van der Waals surface area (Å²) in [5.74, 6) is 0.648. The second kappa shape index (κ2) is 6.41. The van der Waals surface area contributed by atoms with Crippen molar-refractivity contribution in [2.24, 2.45) is 17.0 Å². The molecule has 21 heavy (non-hydrogen) atoms. The van der Waals surface area contributed by atoms with Gasteiger partial charge in [-0.1, -0.05) is 18.2 Å². The number of morpholine rings is 1. The van der Waals surface area contributed by atoms with Crippen LogP contribution in [0, 0.1) is 0 Å². The monoisotopic (exact) mass is 286 g/mol. The zero-order valence-corrected chi connectivity index (χ0v) is 12.0. The van der Waals surface area contributed by atoms with Crippen LogP contribution in [0.15, 0.2) is 57.2 Å². The molecule has 1 saturated heterocycles. The fraction of sp³-hybridized carbons (Fsp3) is 0.333. The molecule has 110 valence electrons. The molecule has 0 aliphatic carbocycles. The molecule has 2 aromatic rings. The largest absolute Gasteiger partial charge is 0.432 e. The summed E-state index contributed by atoms with van der Waals surface area (Å²) in [7, 11) is 1.89. The number of ether oxygens (including phenoxy) is 1. The van der Waals surface area contributed by atoms with E-state index >= 15 is 0 Å². The van der Waals surface area contributed by atoms with Crippen LogP contribution in [0.25, 0.3) is 0 Å². The van der Waals surface area contributed by atoms with Gasteiger partial charge in [0.2, 0.25) is 5.96 Å². The first-order chi connectivity index (χ1) is 10.3. The lowest BCUT2D eigenvalue weighted by Gasteiger charge is -2.27. The van der Waals surface area contributed by atoms with E-state index in [-0.39, 0.29) is 0 Å². The number of aliphatic imine (C=N–C) groups is 1. The topological polar surface area (TPSA) is 55.3 Å². The van der Waals surface area contributed by atoms with E-state index in [1.807, 2.05) is 48.1 Å². The zero-order chi connectivity index (χ0) is 14.5. The Balaban J connectivity index is 1.99. The van der Waals surface area contributed by atoms with Gasteiger partial charge in [-0.05, 0) is 12.1 Å². The summed E-state index contributed by atoms with van der Waals surface area (Å²) < 4.78 is 12.6. The smallest absolute Gasteiger partial charge is 0.304 e. The molecule has 0 spiro atoms.